The fraction of sp³-hybridized carbons (Fsp3) is 0.348. The molecule has 8 nitrogen and oxygen atoms in total. The van der Waals surface area contributed by atoms with Crippen LogP contribution in [-0.4, -0.2) is 67.9 Å². The number of likely N-dealkylation sites (N-methyl/N-ethyl adjacent to an activating group) is 2. The summed E-state index contributed by atoms with van der Waals surface area (Å²) in [5.41, 5.74) is 1.70. The lowest BCUT2D eigenvalue weighted by molar-refractivity contribution is -0.132. The number of carbonyl (C=O) groups excluding carboxylic acids is 3. The molecule has 0 fully saturated rings. The molecule has 0 radical (unpaired) electrons. The molecule has 0 atom stereocenters. The number of ether oxygens (including phenoxy) is 1. The van der Waals surface area contributed by atoms with Crippen molar-refractivity contribution in [2.24, 2.45) is 0 Å². The Labute approximate surface area is 183 Å². The normalized spacial score (nSPS) is 10.5. The van der Waals surface area contributed by atoms with Gasteiger partial charge in [-0.3, -0.25) is 19.3 Å². The summed E-state index contributed by atoms with van der Waals surface area (Å²) >= 11 is 0. The SMILES string of the molecule is CCN(CC)C(=O)CN(C)CC(=O)Nc1ccc(C(=O)Nc2ccc(OC)cc2)cc1. The van der Waals surface area contributed by atoms with Crippen molar-refractivity contribution in [3.8, 4) is 5.75 Å². The number of nitrogens with zero attached hydrogens (tertiary/aromatic N) is 2. The van der Waals surface area contributed by atoms with Crippen LogP contribution in [0.3, 0.4) is 0 Å². The van der Waals surface area contributed by atoms with Crippen LogP contribution in [0.25, 0.3) is 0 Å². The molecule has 166 valence electrons. The number of amides is 3. The van der Waals surface area contributed by atoms with E-state index in [-0.39, 0.29) is 30.8 Å². The minimum absolute atomic E-state index is 0.00692. The second-order valence-corrected chi connectivity index (χ2v) is 7.05. The second-order valence-electron chi connectivity index (χ2n) is 7.05. The van der Waals surface area contributed by atoms with Crippen LogP contribution in [0.1, 0.15) is 24.2 Å². The van der Waals surface area contributed by atoms with Crippen LogP contribution in [0.15, 0.2) is 48.5 Å². The van der Waals surface area contributed by atoms with Gasteiger partial charge in [-0.2, -0.15) is 0 Å². The second kappa shape index (κ2) is 11.7. The maximum atomic E-state index is 12.4. The summed E-state index contributed by atoms with van der Waals surface area (Å²) in [4.78, 5) is 40.2. The number of rotatable bonds is 10. The molecule has 0 bridgehead atoms. The van der Waals surface area contributed by atoms with Crippen LogP contribution in [-0.2, 0) is 9.59 Å². The van der Waals surface area contributed by atoms with Crippen molar-refractivity contribution < 1.29 is 19.1 Å². The number of nitrogens with one attached hydrogen (secondary N) is 2. The molecule has 2 aromatic rings. The maximum Gasteiger partial charge on any atom is 0.255 e. The fourth-order valence-corrected chi connectivity index (χ4v) is 2.99. The van der Waals surface area contributed by atoms with E-state index in [1.54, 1.807) is 72.5 Å². The summed E-state index contributed by atoms with van der Waals surface area (Å²) in [5, 5.41) is 5.59. The molecule has 0 unspecified atom stereocenters. The van der Waals surface area contributed by atoms with Gasteiger partial charge in [-0.15, -0.1) is 0 Å². The van der Waals surface area contributed by atoms with Crippen molar-refractivity contribution in [2.75, 3.05) is 51.0 Å². The molecular weight excluding hydrogens is 396 g/mol. The Morgan fingerprint density at radius 2 is 1.39 bits per heavy atom. The molecule has 0 aliphatic heterocycles. The Morgan fingerprint density at radius 3 is 1.94 bits per heavy atom. The van der Waals surface area contributed by atoms with Gasteiger partial charge in [0, 0.05) is 30.0 Å². The lowest BCUT2D eigenvalue weighted by Crippen LogP contribution is -2.41. The van der Waals surface area contributed by atoms with Gasteiger partial charge in [-0.05, 0) is 69.4 Å². The van der Waals surface area contributed by atoms with Crippen LogP contribution < -0.4 is 15.4 Å². The van der Waals surface area contributed by atoms with E-state index >= 15 is 0 Å². The molecule has 0 heterocycles. The first-order chi connectivity index (χ1) is 14.9. The first-order valence-corrected chi connectivity index (χ1v) is 10.2. The van der Waals surface area contributed by atoms with Crippen LogP contribution >= 0.6 is 0 Å². The zero-order chi connectivity index (χ0) is 22.8. The molecule has 0 saturated heterocycles. The van der Waals surface area contributed by atoms with E-state index in [4.69, 9.17) is 4.74 Å². The van der Waals surface area contributed by atoms with Crippen LogP contribution in [0.5, 0.6) is 5.75 Å². The van der Waals surface area contributed by atoms with E-state index in [0.717, 1.165) is 0 Å². The lowest BCUT2D eigenvalue weighted by Gasteiger charge is -2.22. The molecule has 0 aromatic heterocycles. The molecule has 2 aromatic carbocycles. The molecule has 0 aliphatic carbocycles. The number of benzene rings is 2. The lowest BCUT2D eigenvalue weighted by atomic mass is 10.2. The predicted octanol–water partition coefficient (Wildman–Crippen LogP) is 2.69. The number of carbonyl (C=O) groups is 3. The monoisotopic (exact) mass is 426 g/mol. The molecule has 3 amide bonds. The Kier molecular flexibility index (Phi) is 9.02. The Bertz CT molecular complexity index is 877. The van der Waals surface area contributed by atoms with Gasteiger partial charge in [0.25, 0.3) is 5.91 Å². The van der Waals surface area contributed by atoms with E-state index in [9.17, 15) is 14.4 Å². The Hall–Kier alpha value is -3.39. The predicted molar refractivity (Wildman–Crippen MR) is 121 cm³/mol. The van der Waals surface area contributed by atoms with E-state index < -0.39 is 0 Å². The summed E-state index contributed by atoms with van der Waals surface area (Å²) in [6.45, 7) is 5.41. The topological polar surface area (TPSA) is 91.0 Å². The Balaban J connectivity index is 1.85. The van der Waals surface area contributed by atoms with Crippen LogP contribution in [0.4, 0.5) is 11.4 Å². The van der Waals surface area contributed by atoms with Gasteiger partial charge in [-0.1, -0.05) is 0 Å². The van der Waals surface area contributed by atoms with Gasteiger partial charge in [0.2, 0.25) is 11.8 Å². The summed E-state index contributed by atoms with van der Waals surface area (Å²) in [6.07, 6.45) is 0. The smallest absolute Gasteiger partial charge is 0.255 e. The minimum Gasteiger partial charge on any atom is -0.497 e. The van der Waals surface area contributed by atoms with Crippen molar-refractivity contribution in [1.29, 1.82) is 0 Å². The van der Waals surface area contributed by atoms with E-state index in [1.165, 1.54) is 0 Å². The van der Waals surface area contributed by atoms with Crippen LogP contribution in [0, 0.1) is 0 Å². The average Bonchev–Trinajstić information content (AvgIpc) is 2.75. The molecule has 2 rings (SSSR count). The molecule has 2 N–H and O–H groups in total. The van der Waals surface area contributed by atoms with Gasteiger partial charge in [0.05, 0.1) is 20.2 Å². The molecule has 0 spiro atoms. The van der Waals surface area contributed by atoms with Crippen molar-refractivity contribution in [3.05, 3.63) is 54.1 Å². The number of hydrogen-bond acceptors (Lipinski definition) is 5. The van der Waals surface area contributed by atoms with E-state index in [1.807, 2.05) is 13.8 Å². The minimum atomic E-state index is -0.252. The van der Waals surface area contributed by atoms with Gasteiger partial charge >= 0.3 is 0 Å². The largest absolute Gasteiger partial charge is 0.497 e. The first-order valence-electron chi connectivity index (χ1n) is 10.2. The number of hydrogen-bond donors (Lipinski definition) is 2. The molecule has 31 heavy (non-hydrogen) atoms. The highest BCUT2D eigenvalue weighted by Crippen LogP contribution is 2.17. The quantitative estimate of drug-likeness (QED) is 0.610. The average molecular weight is 427 g/mol. The zero-order valence-electron chi connectivity index (χ0n) is 18.5. The third-order valence-electron chi connectivity index (χ3n) is 4.71. The van der Waals surface area contributed by atoms with E-state index in [2.05, 4.69) is 10.6 Å². The molecule has 0 aliphatic rings. The first kappa shape index (κ1) is 23.9. The van der Waals surface area contributed by atoms with Crippen molar-refractivity contribution in [3.63, 3.8) is 0 Å². The molecule has 0 saturated carbocycles. The maximum absolute atomic E-state index is 12.4. The van der Waals surface area contributed by atoms with Crippen molar-refractivity contribution >= 4 is 29.1 Å². The van der Waals surface area contributed by atoms with Crippen molar-refractivity contribution in [1.82, 2.24) is 9.80 Å². The highest BCUT2D eigenvalue weighted by molar-refractivity contribution is 6.04. The summed E-state index contributed by atoms with van der Waals surface area (Å²) < 4.78 is 5.10. The van der Waals surface area contributed by atoms with E-state index in [0.29, 0.717) is 35.8 Å². The van der Waals surface area contributed by atoms with Gasteiger partial charge in [-0.25, -0.2) is 0 Å². The summed E-state index contributed by atoms with van der Waals surface area (Å²) in [5.74, 6) is 0.219. The van der Waals surface area contributed by atoms with Crippen LogP contribution in [0.2, 0.25) is 0 Å². The third-order valence-corrected chi connectivity index (χ3v) is 4.71. The van der Waals surface area contributed by atoms with Crippen molar-refractivity contribution in [2.45, 2.75) is 13.8 Å². The standard InChI is InChI=1S/C23H30N4O4/c1-5-27(6-2)22(29)16-26(3)15-21(28)24-18-9-7-17(8-10-18)23(30)25-19-11-13-20(31-4)14-12-19/h7-14H,5-6,15-16H2,1-4H3,(H,24,28)(H,25,30). The molecular formula is C23H30N4O4. The fourth-order valence-electron chi connectivity index (χ4n) is 2.99. The van der Waals surface area contributed by atoms with Gasteiger partial charge < -0.3 is 20.3 Å². The molecule has 8 heteroatoms. The number of methoxy groups -OCH3 is 1. The zero-order valence-corrected chi connectivity index (χ0v) is 18.5. The Morgan fingerprint density at radius 1 is 0.839 bits per heavy atom. The summed E-state index contributed by atoms with van der Waals surface area (Å²) in [6, 6.07) is 13.7. The van der Waals surface area contributed by atoms with Gasteiger partial charge in [0.15, 0.2) is 0 Å². The van der Waals surface area contributed by atoms with Gasteiger partial charge in [0.1, 0.15) is 5.75 Å². The highest BCUT2D eigenvalue weighted by Gasteiger charge is 2.15. The highest BCUT2D eigenvalue weighted by atomic mass is 16.5. The summed E-state index contributed by atoms with van der Waals surface area (Å²) in [7, 11) is 3.31. The number of anilines is 2. The third kappa shape index (κ3) is 7.42.